The molecule has 0 saturated carbocycles. The number of ether oxygens (including phenoxy) is 1. The molecule has 1 aromatic carbocycles. The van der Waals surface area contributed by atoms with Crippen LogP contribution in [-0.2, 0) is 14.8 Å². The highest BCUT2D eigenvalue weighted by molar-refractivity contribution is 7.89. The van der Waals surface area contributed by atoms with Crippen molar-refractivity contribution in [3.05, 3.63) is 40.2 Å². The number of carbonyl (C=O) groups excluding carboxylic acids is 1. The molecule has 1 saturated heterocycles. The standard InChI is InChI=1S/C17H19NO6S/c1-23-16(19)12-6-7-14-13(10-12)11-15(17(20)24-14)25(21,22)18-8-4-2-3-5-9-18/h6-7,10-11H,2-5,8-9H2,1H3. The number of fused-ring (bicyclic) bond motifs is 1. The molecule has 2 aromatic rings. The van der Waals surface area contributed by atoms with Crippen molar-refractivity contribution in [2.75, 3.05) is 20.2 Å². The van der Waals surface area contributed by atoms with E-state index in [2.05, 4.69) is 4.74 Å². The Bertz CT molecular complexity index is 955. The van der Waals surface area contributed by atoms with E-state index in [-0.39, 0.29) is 11.1 Å². The van der Waals surface area contributed by atoms with Crippen LogP contribution in [0.4, 0.5) is 0 Å². The summed E-state index contributed by atoms with van der Waals surface area (Å²) in [6.07, 6.45) is 3.48. The number of nitrogens with zero attached hydrogens (tertiary/aromatic N) is 1. The van der Waals surface area contributed by atoms with Crippen LogP contribution < -0.4 is 5.63 Å². The van der Waals surface area contributed by atoms with E-state index in [0.29, 0.717) is 18.5 Å². The van der Waals surface area contributed by atoms with Gasteiger partial charge in [0.25, 0.3) is 0 Å². The number of hydrogen-bond donors (Lipinski definition) is 0. The highest BCUT2D eigenvalue weighted by Crippen LogP contribution is 2.22. The van der Waals surface area contributed by atoms with E-state index in [1.165, 1.54) is 35.7 Å². The maximum Gasteiger partial charge on any atom is 0.356 e. The molecule has 1 aliphatic heterocycles. The van der Waals surface area contributed by atoms with Gasteiger partial charge in [-0.05, 0) is 37.1 Å². The fraction of sp³-hybridized carbons (Fsp3) is 0.412. The van der Waals surface area contributed by atoms with Gasteiger partial charge in [0, 0.05) is 18.5 Å². The van der Waals surface area contributed by atoms with Gasteiger partial charge in [0.1, 0.15) is 5.58 Å². The lowest BCUT2D eigenvalue weighted by Crippen LogP contribution is -2.34. The first-order valence-electron chi connectivity index (χ1n) is 8.10. The summed E-state index contributed by atoms with van der Waals surface area (Å²) < 4.78 is 36.9. The average molecular weight is 365 g/mol. The van der Waals surface area contributed by atoms with Gasteiger partial charge in [-0.3, -0.25) is 0 Å². The molecule has 1 aliphatic rings. The largest absolute Gasteiger partial charge is 0.465 e. The van der Waals surface area contributed by atoms with E-state index in [4.69, 9.17) is 4.42 Å². The van der Waals surface area contributed by atoms with E-state index in [9.17, 15) is 18.0 Å². The zero-order chi connectivity index (χ0) is 18.0. The summed E-state index contributed by atoms with van der Waals surface area (Å²) >= 11 is 0. The SMILES string of the molecule is COC(=O)c1ccc2oc(=O)c(S(=O)(=O)N3CCCCCC3)cc2c1. The fourth-order valence-corrected chi connectivity index (χ4v) is 4.50. The predicted molar refractivity (Wildman–Crippen MR) is 91.1 cm³/mol. The third-order valence-electron chi connectivity index (χ3n) is 4.30. The Morgan fingerprint density at radius 3 is 2.44 bits per heavy atom. The number of sulfonamides is 1. The summed E-state index contributed by atoms with van der Waals surface area (Å²) in [6, 6.07) is 5.63. The molecule has 7 nitrogen and oxygen atoms in total. The lowest BCUT2D eigenvalue weighted by molar-refractivity contribution is 0.0601. The van der Waals surface area contributed by atoms with Crippen molar-refractivity contribution in [3.63, 3.8) is 0 Å². The minimum atomic E-state index is -3.94. The summed E-state index contributed by atoms with van der Waals surface area (Å²) in [7, 11) is -2.68. The summed E-state index contributed by atoms with van der Waals surface area (Å²) in [6.45, 7) is 0.782. The molecule has 134 valence electrons. The molecule has 25 heavy (non-hydrogen) atoms. The second-order valence-electron chi connectivity index (χ2n) is 5.96. The van der Waals surface area contributed by atoms with Gasteiger partial charge in [-0.1, -0.05) is 12.8 Å². The minimum absolute atomic E-state index is 0.215. The van der Waals surface area contributed by atoms with Crippen LogP contribution in [0.5, 0.6) is 0 Å². The summed E-state index contributed by atoms with van der Waals surface area (Å²) in [5.74, 6) is -0.551. The smallest absolute Gasteiger partial charge is 0.356 e. The fourth-order valence-electron chi connectivity index (χ4n) is 2.95. The third kappa shape index (κ3) is 3.45. The summed E-state index contributed by atoms with van der Waals surface area (Å²) in [4.78, 5) is 23.5. The van der Waals surface area contributed by atoms with E-state index in [1.54, 1.807) is 0 Å². The van der Waals surface area contributed by atoms with Gasteiger partial charge in [0.2, 0.25) is 10.0 Å². The number of esters is 1. The highest BCUT2D eigenvalue weighted by atomic mass is 32.2. The van der Waals surface area contributed by atoms with Crippen LogP contribution >= 0.6 is 0 Å². The Labute approximate surface area is 145 Å². The van der Waals surface area contributed by atoms with Gasteiger partial charge in [-0.15, -0.1) is 0 Å². The second-order valence-corrected chi connectivity index (χ2v) is 7.87. The molecule has 1 fully saturated rings. The van der Waals surface area contributed by atoms with Crippen LogP contribution in [0.3, 0.4) is 0 Å². The van der Waals surface area contributed by atoms with E-state index >= 15 is 0 Å². The van der Waals surface area contributed by atoms with Crippen molar-refractivity contribution in [3.8, 4) is 0 Å². The maximum atomic E-state index is 12.9. The average Bonchev–Trinajstić information content (AvgIpc) is 2.90. The lowest BCUT2D eigenvalue weighted by atomic mass is 10.1. The van der Waals surface area contributed by atoms with Crippen LogP contribution in [0.15, 0.2) is 38.4 Å². The Kier molecular flexibility index (Phi) is 4.91. The molecule has 8 heteroatoms. The van der Waals surface area contributed by atoms with E-state index < -0.39 is 26.5 Å². The molecule has 3 rings (SSSR count). The van der Waals surface area contributed by atoms with Crippen LogP contribution in [0.25, 0.3) is 11.0 Å². The van der Waals surface area contributed by atoms with Crippen molar-refractivity contribution in [2.24, 2.45) is 0 Å². The molecule has 0 bridgehead atoms. The normalized spacial score (nSPS) is 16.5. The lowest BCUT2D eigenvalue weighted by Gasteiger charge is -2.19. The minimum Gasteiger partial charge on any atom is -0.465 e. The molecule has 0 atom stereocenters. The number of methoxy groups -OCH3 is 1. The van der Waals surface area contributed by atoms with Crippen LogP contribution in [-0.4, -0.2) is 38.9 Å². The van der Waals surface area contributed by atoms with Crippen molar-refractivity contribution < 1.29 is 22.4 Å². The monoisotopic (exact) mass is 365 g/mol. The highest BCUT2D eigenvalue weighted by Gasteiger charge is 2.29. The quantitative estimate of drug-likeness (QED) is 0.611. The van der Waals surface area contributed by atoms with Gasteiger partial charge < -0.3 is 9.15 Å². The van der Waals surface area contributed by atoms with Gasteiger partial charge in [0.15, 0.2) is 4.90 Å². The Morgan fingerprint density at radius 2 is 1.80 bits per heavy atom. The van der Waals surface area contributed by atoms with Crippen LogP contribution in [0.1, 0.15) is 36.0 Å². The van der Waals surface area contributed by atoms with Crippen LogP contribution in [0.2, 0.25) is 0 Å². The second kappa shape index (κ2) is 6.97. The Hall–Kier alpha value is -2.19. The van der Waals surface area contributed by atoms with Gasteiger partial charge in [-0.25, -0.2) is 18.0 Å². The topological polar surface area (TPSA) is 93.9 Å². The third-order valence-corrected chi connectivity index (χ3v) is 6.19. The maximum absolute atomic E-state index is 12.9. The van der Waals surface area contributed by atoms with Gasteiger partial charge in [0.05, 0.1) is 12.7 Å². The molecule has 0 N–H and O–H groups in total. The van der Waals surface area contributed by atoms with Crippen molar-refractivity contribution in [1.82, 2.24) is 4.31 Å². The molecular formula is C17H19NO6S. The van der Waals surface area contributed by atoms with Gasteiger partial charge >= 0.3 is 11.6 Å². The summed E-state index contributed by atoms with van der Waals surface area (Å²) in [5.41, 5.74) is -0.433. The van der Waals surface area contributed by atoms with Crippen molar-refractivity contribution in [1.29, 1.82) is 0 Å². The molecule has 0 unspecified atom stereocenters. The Balaban J connectivity index is 2.09. The number of hydrogen-bond acceptors (Lipinski definition) is 6. The first kappa shape index (κ1) is 17.6. The molecule has 0 aliphatic carbocycles. The van der Waals surface area contributed by atoms with Crippen molar-refractivity contribution in [2.45, 2.75) is 30.6 Å². The number of rotatable bonds is 3. The van der Waals surface area contributed by atoms with Crippen molar-refractivity contribution >= 4 is 27.0 Å². The van der Waals surface area contributed by atoms with Crippen LogP contribution in [0, 0.1) is 0 Å². The molecule has 2 heterocycles. The number of benzene rings is 1. The predicted octanol–water partition coefficient (Wildman–Crippen LogP) is 2.14. The zero-order valence-electron chi connectivity index (χ0n) is 13.9. The van der Waals surface area contributed by atoms with E-state index in [0.717, 1.165) is 25.7 Å². The first-order chi connectivity index (χ1) is 11.9. The zero-order valence-corrected chi connectivity index (χ0v) is 14.7. The molecule has 0 amide bonds. The molecule has 1 aromatic heterocycles. The molecule has 0 radical (unpaired) electrons. The van der Waals surface area contributed by atoms with Gasteiger partial charge in [-0.2, -0.15) is 4.31 Å². The molecule has 0 spiro atoms. The first-order valence-corrected chi connectivity index (χ1v) is 9.54. The van der Waals surface area contributed by atoms with E-state index in [1.807, 2.05) is 0 Å². The Morgan fingerprint density at radius 1 is 1.12 bits per heavy atom. The summed E-state index contributed by atoms with van der Waals surface area (Å²) in [5, 5.41) is 0.357. The number of carbonyl (C=O) groups is 1. The molecular weight excluding hydrogens is 346 g/mol.